The third-order valence-corrected chi connectivity index (χ3v) is 2.03. The molecule has 0 aromatic carbocycles. The van der Waals surface area contributed by atoms with Crippen LogP contribution in [0, 0.1) is 0 Å². The van der Waals surface area contributed by atoms with Crippen molar-refractivity contribution in [1.82, 2.24) is 0 Å². The van der Waals surface area contributed by atoms with Gasteiger partial charge in [0, 0.05) is 6.92 Å². The summed E-state index contributed by atoms with van der Waals surface area (Å²) >= 11 is 0. The molecule has 0 N–H and O–H groups in total. The van der Waals surface area contributed by atoms with Crippen molar-refractivity contribution in [2.24, 2.45) is 0 Å². The van der Waals surface area contributed by atoms with Crippen molar-refractivity contribution < 1.29 is 9.53 Å². The molecule has 0 amide bonds. The average Bonchev–Trinajstić information content (AvgIpc) is 1.93. The molecule has 1 aliphatic carbocycles. The predicted molar refractivity (Wildman–Crippen MR) is 47.8 cm³/mol. The Labute approximate surface area is 73.6 Å². The lowest BCUT2D eigenvalue weighted by Gasteiger charge is -2.14. The normalized spacial score (nSPS) is 24.2. The molecule has 12 heavy (non-hydrogen) atoms. The number of rotatable bonds is 1. The minimum absolute atomic E-state index is 0.0304. The molecule has 0 spiro atoms. The van der Waals surface area contributed by atoms with Gasteiger partial charge in [-0.3, -0.25) is 4.79 Å². The van der Waals surface area contributed by atoms with Crippen LogP contribution in [0.4, 0.5) is 0 Å². The van der Waals surface area contributed by atoms with Gasteiger partial charge in [-0.05, 0) is 31.8 Å². The molecular formula is C10H16O2. The molecule has 2 nitrogen and oxygen atoms in total. The van der Waals surface area contributed by atoms with E-state index in [0.29, 0.717) is 0 Å². The van der Waals surface area contributed by atoms with Gasteiger partial charge in [-0.2, -0.15) is 0 Å². The quantitative estimate of drug-likeness (QED) is 0.444. The van der Waals surface area contributed by atoms with Gasteiger partial charge in [0.2, 0.25) is 0 Å². The first-order valence-electron chi connectivity index (χ1n) is 4.63. The van der Waals surface area contributed by atoms with Crippen molar-refractivity contribution in [2.45, 2.75) is 45.1 Å². The molecule has 1 aliphatic rings. The Morgan fingerprint density at radius 3 is 3.00 bits per heavy atom. The first kappa shape index (κ1) is 9.30. The van der Waals surface area contributed by atoms with Crippen molar-refractivity contribution in [2.75, 3.05) is 0 Å². The Morgan fingerprint density at radius 1 is 1.42 bits per heavy atom. The van der Waals surface area contributed by atoms with Crippen molar-refractivity contribution in [3.63, 3.8) is 0 Å². The molecule has 1 atom stereocenters. The maximum absolute atomic E-state index is 10.7. The lowest BCUT2D eigenvalue weighted by molar-refractivity contribution is -0.144. The highest BCUT2D eigenvalue weighted by Gasteiger charge is 2.08. The van der Waals surface area contributed by atoms with Gasteiger partial charge in [-0.25, -0.2) is 0 Å². The molecule has 0 radical (unpaired) electrons. The van der Waals surface area contributed by atoms with Crippen LogP contribution in [0.25, 0.3) is 0 Å². The fourth-order valence-corrected chi connectivity index (χ4v) is 1.44. The Hall–Kier alpha value is -0.790. The summed E-state index contributed by atoms with van der Waals surface area (Å²) in [6.45, 7) is 1.46. The Bertz CT molecular complexity index is 173. The van der Waals surface area contributed by atoms with E-state index in [2.05, 4.69) is 6.08 Å². The van der Waals surface area contributed by atoms with E-state index in [0.717, 1.165) is 12.8 Å². The molecule has 0 aromatic rings. The molecule has 0 heterocycles. The molecule has 68 valence electrons. The number of allylic oxidation sites excluding steroid dienone is 1. The second-order valence-corrected chi connectivity index (χ2v) is 3.21. The maximum Gasteiger partial charge on any atom is 0.303 e. The molecular weight excluding hydrogens is 152 g/mol. The smallest absolute Gasteiger partial charge is 0.303 e. The predicted octanol–water partition coefficient (Wildman–Crippen LogP) is 2.44. The molecule has 0 aliphatic heterocycles. The van der Waals surface area contributed by atoms with Crippen LogP contribution in [0.3, 0.4) is 0 Å². The molecule has 0 saturated carbocycles. The summed E-state index contributed by atoms with van der Waals surface area (Å²) in [6, 6.07) is 0. The van der Waals surface area contributed by atoms with Crippen molar-refractivity contribution >= 4 is 5.97 Å². The SMILES string of the molecule is CC(=O)O[C@@H]1C=CCCCCC1. The summed E-state index contributed by atoms with van der Waals surface area (Å²) in [4.78, 5) is 10.7. The van der Waals surface area contributed by atoms with Crippen LogP contribution < -0.4 is 0 Å². The zero-order valence-corrected chi connectivity index (χ0v) is 7.58. The first-order chi connectivity index (χ1) is 5.79. The van der Waals surface area contributed by atoms with E-state index in [9.17, 15) is 4.79 Å². The molecule has 0 saturated heterocycles. The fourth-order valence-electron chi connectivity index (χ4n) is 1.44. The monoisotopic (exact) mass is 168 g/mol. The highest BCUT2D eigenvalue weighted by atomic mass is 16.5. The van der Waals surface area contributed by atoms with E-state index in [1.807, 2.05) is 6.08 Å². The number of esters is 1. The number of hydrogen-bond acceptors (Lipinski definition) is 2. The number of carbonyl (C=O) groups is 1. The van der Waals surface area contributed by atoms with Crippen molar-refractivity contribution in [1.29, 1.82) is 0 Å². The van der Waals surface area contributed by atoms with Crippen LogP contribution in [0.5, 0.6) is 0 Å². The van der Waals surface area contributed by atoms with E-state index < -0.39 is 0 Å². The molecule has 2 heteroatoms. The van der Waals surface area contributed by atoms with E-state index in [-0.39, 0.29) is 12.1 Å². The van der Waals surface area contributed by atoms with E-state index in [4.69, 9.17) is 4.74 Å². The third-order valence-electron chi connectivity index (χ3n) is 2.03. The van der Waals surface area contributed by atoms with E-state index in [1.54, 1.807) is 0 Å². The average molecular weight is 168 g/mol. The topological polar surface area (TPSA) is 26.3 Å². The zero-order chi connectivity index (χ0) is 8.81. The molecule has 0 aromatic heterocycles. The second-order valence-electron chi connectivity index (χ2n) is 3.21. The third kappa shape index (κ3) is 3.56. The number of ether oxygens (including phenoxy) is 1. The fraction of sp³-hybridized carbons (Fsp3) is 0.700. The van der Waals surface area contributed by atoms with Crippen LogP contribution in [0.15, 0.2) is 12.2 Å². The van der Waals surface area contributed by atoms with Crippen LogP contribution in [-0.2, 0) is 9.53 Å². The maximum atomic E-state index is 10.7. The molecule has 0 fully saturated rings. The van der Waals surface area contributed by atoms with Crippen LogP contribution >= 0.6 is 0 Å². The van der Waals surface area contributed by atoms with Crippen LogP contribution in [-0.4, -0.2) is 12.1 Å². The lowest BCUT2D eigenvalue weighted by Crippen LogP contribution is -2.14. The first-order valence-corrected chi connectivity index (χ1v) is 4.63. The summed E-state index contributed by atoms with van der Waals surface area (Å²) in [5.41, 5.74) is 0. The number of hydrogen-bond donors (Lipinski definition) is 0. The van der Waals surface area contributed by atoms with E-state index >= 15 is 0 Å². The Kier molecular flexibility index (Phi) is 3.85. The van der Waals surface area contributed by atoms with Crippen LogP contribution in [0.2, 0.25) is 0 Å². The van der Waals surface area contributed by atoms with Crippen LogP contribution in [0.1, 0.15) is 39.0 Å². The Balaban J connectivity index is 2.38. The highest BCUT2D eigenvalue weighted by molar-refractivity contribution is 5.66. The largest absolute Gasteiger partial charge is 0.458 e. The van der Waals surface area contributed by atoms with Gasteiger partial charge >= 0.3 is 5.97 Å². The van der Waals surface area contributed by atoms with Gasteiger partial charge in [0.05, 0.1) is 0 Å². The van der Waals surface area contributed by atoms with Gasteiger partial charge in [0.25, 0.3) is 0 Å². The summed E-state index contributed by atoms with van der Waals surface area (Å²) in [7, 11) is 0. The van der Waals surface area contributed by atoms with Crippen molar-refractivity contribution in [3.8, 4) is 0 Å². The lowest BCUT2D eigenvalue weighted by atomic mass is 10.0. The van der Waals surface area contributed by atoms with Gasteiger partial charge < -0.3 is 4.74 Å². The van der Waals surface area contributed by atoms with Gasteiger partial charge in [-0.15, -0.1) is 0 Å². The highest BCUT2D eigenvalue weighted by Crippen LogP contribution is 2.13. The summed E-state index contributed by atoms with van der Waals surface area (Å²) in [6.07, 6.45) is 9.96. The minimum atomic E-state index is -0.176. The van der Waals surface area contributed by atoms with E-state index in [1.165, 1.54) is 26.2 Å². The minimum Gasteiger partial charge on any atom is -0.458 e. The van der Waals surface area contributed by atoms with Gasteiger partial charge in [-0.1, -0.05) is 12.5 Å². The second kappa shape index (κ2) is 4.96. The van der Waals surface area contributed by atoms with Gasteiger partial charge in [0.1, 0.15) is 6.10 Å². The van der Waals surface area contributed by atoms with Crippen molar-refractivity contribution in [3.05, 3.63) is 12.2 Å². The molecule has 0 bridgehead atoms. The molecule has 0 unspecified atom stereocenters. The molecule has 1 rings (SSSR count). The summed E-state index contributed by atoms with van der Waals surface area (Å²) < 4.78 is 5.10. The van der Waals surface area contributed by atoms with Gasteiger partial charge in [0.15, 0.2) is 0 Å². The summed E-state index contributed by atoms with van der Waals surface area (Å²) in [5.74, 6) is -0.176. The zero-order valence-electron chi connectivity index (χ0n) is 7.58. The Morgan fingerprint density at radius 2 is 2.25 bits per heavy atom. The standard InChI is InChI=1S/C10H16O2/c1-9(11)12-10-7-5-3-2-4-6-8-10/h5,7,10H,2-4,6,8H2,1H3/t10-/m1/s1. The summed E-state index contributed by atoms with van der Waals surface area (Å²) in [5, 5.41) is 0. The number of carbonyl (C=O) groups excluding carboxylic acids is 1.